The monoisotopic (exact) mass is 177 g/mol. The first-order valence-corrected chi connectivity index (χ1v) is 3.96. The summed E-state index contributed by atoms with van der Waals surface area (Å²) in [7, 11) is 0. The van der Waals surface area contributed by atoms with Crippen LogP contribution in [0.25, 0.3) is 5.65 Å². The molecule has 0 saturated carbocycles. The molecule has 2 aromatic rings. The van der Waals surface area contributed by atoms with Crippen molar-refractivity contribution in [1.29, 1.82) is 0 Å². The van der Waals surface area contributed by atoms with Crippen LogP contribution < -0.4 is 0 Å². The van der Waals surface area contributed by atoms with Crippen molar-refractivity contribution in [3.8, 4) is 0 Å². The van der Waals surface area contributed by atoms with Gasteiger partial charge in [-0.05, 0) is 20.8 Å². The molecule has 0 N–H and O–H groups in total. The van der Waals surface area contributed by atoms with Crippen LogP contribution in [0.3, 0.4) is 0 Å². The van der Waals surface area contributed by atoms with Crippen molar-refractivity contribution >= 4 is 5.65 Å². The maximum Gasteiger partial charge on any atom is 0.155 e. The minimum absolute atomic E-state index is 0. The molecule has 0 atom stereocenters. The highest BCUT2D eigenvalue weighted by molar-refractivity contribution is 5.40. The first-order chi connectivity index (χ1) is 5.68. The van der Waals surface area contributed by atoms with Crippen molar-refractivity contribution in [1.82, 2.24) is 14.4 Å². The Balaban J connectivity index is 0.000000845. The second-order valence-corrected chi connectivity index (χ2v) is 3.04. The van der Waals surface area contributed by atoms with Gasteiger partial charge >= 0.3 is 0 Å². The number of hydrogen-bond donors (Lipinski definition) is 0. The topological polar surface area (TPSA) is 30.2 Å². The summed E-state index contributed by atoms with van der Waals surface area (Å²) in [5.41, 5.74) is 4.21. The highest BCUT2D eigenvalue weighted by atomic mass is 15.0. The molecule has 3 heteroatoms. The van der Waals surface area contributed by atoms with Crippen LogP contribution in [0.2, 0.25) is 0 Å². The van der Waals surface area contributed by atoms with Gasteiger partial charge in [-0.25, -0.2) is 4.98 Å². The number of aryl methyl sites for hydroxylation is 3. The van der Waals surface area contributed by atoms with E-state index in [2.05, 4.69) is 21.3 Å². The van der Waals surface area contributed by atoms with Gasteiger partial charge in [-0.2, -0.15) is 0 Å². The Morgan fingerprint density at radius 1 is 1.23 bits per heavy atom. The predicted molar refractivity (Wildman–Crippen MR) is 53.9 cm³/mol. The van der Waals surface area contributed by atoms with Crippen LogP contribution >= 0.6 is 0 Å². The number of rotatable bonds is 0. The summed E-state index contributed by atoms with van der Waals surface area (Å²) in [5.74, 6) is 0. The second kappa shape index (κ2) is 3.17. The Kier molecular flexibility index (Phi) is 2.36. The summed E-state index contributed by atoms with van der Waals surface area (Å²) in [5, 5.41) is 0. The number of aromatic nitrogens is 3. The molecule has 0 amide bonds. The molecule has 0 radical (unpaired) electrons. The van der Waals surface area contributed by atoms with E-state index in [1.54, 1.807) is 6.20 Å². The molecule has 0 fully saturated rings. The number of fused-ring (bicyclic) bond motifs is 1. The Morgan fingerprint density at radius 3 is 2.62 bits per heavy atom. The predicted octanol–water partition coefficient (Wildman–Crippen LogP) is 2.29. The molecule has 70 valence electrons. The summed E-state index contributed by atoms with van der Waals surface area (Å²) in [6.07, 6.45) is 3.81. The molecule has 13 heavy (non-hydrogen) atoms. The van der Waals surface area contributed by atoms with Gasteiger partial charge < -0.3 is 4.40 Å². The van der Waals surface area contributed by atoms with Crippen molar-refractivity contribution < 1.29 is 0 Å². The molecule has 0 aliphatic heterocycles. The molecule has 2 heterocycles. The van der Waals surface area contributed by atoms with Gasteiger partial charge in [-0.3, -0.25) is 4.98 Å². The van der Waals surface area contributed by atoms with Crippen LogP contribution in [0.15, 0.2) is 12.4 Å². The molecule has 0 spiro atoms. The summed E-state index contributed by atoms with van der Waals surface area (Å²) < 4.78 is 2.07. The van der Waals surface area contributed by atoms with Gasteiger partial charge in [0.2, 0.25) is 0 Å². The third-order valence-corrected chi connectivity index (χ3v) is 2.11. The molecule has 0 aliphatic rings. The third-order valence-electron chi connectivity index (χ3n) is 2.11. The number of hydrogen-bond acceptors (Lipinski definition) is 2. The van der Waals surface area contributed by atoms with E-state index < -0.39 is 0 Å². The fraction of sp³-hybridized carbons (Fsp3) is 0.400. The minimum atomic E-state index is 0. The normalized spacial score (nSPS) is 10.1. The summed E-state index contributed by atoms with van der Waals surface area (Å²) in [6.45, 7) is 6.06. The largest absolute Gasteiger partial charge is 0.301 e. The molecular weight excluding hydrogens is 162 g/mol. The van der Waals surface area contributed by atoms with Crippen LogP contribution in [0.4, 0.5) is 0 Å². The quantitative estimate of drug-likeness (QED) is 0.618. The molecule has 0 aromatic carbocycles. The minimum Gasteiger partial charge on any atom is -0.301 e. The van der Waals surface area contributed by atoms with Crippen molar-refractivity contribution in [2.75, 3.05) is 0 Å². The van der Waals surface area contributed by atoms with Crippen LogP contribution in [-0.2, 0) is 0 Å². The van der Waals surface area contributed by atoms with E-state index in [0.717, 1.165) is 17.0 Å². The van der Waals surface area contributed by atoms with Gasteiger partial charge in [0, 0.05) is 11.9 Å². The van der Waals surface area contributed by atoms with Gasteiger partial charge in [0.25, 0.3) is 0 Å². The lowest BCUT2D eigenvalue weighted by Crippen LogP contribution is -1.90. The van der Waals surface area contributed by atoms with Gasteiger partial charge in [0.1, 0.15) is 0 Å². The Bertz CT molecular complexity index is 429. The molecule has 0 bridgehead atoms. The summed E-state index contributed by atoms with van der Waals surface area (Å²) in [6, 6.07) is 0. The Hall–Kier alpha value is -1.38. The lowest BCUT2D eigenvalue weighted by Gasteiger charge is -1.96. The molecule has 3 nitrogen and oxygen atoms in total. The van der Waals surface area contributed by atoms with E-state index in [9.17, 15) is 0 Å². The van der Waals surface area contributed by atoms with Crippen LogP contribution in [0.1, 0.15) is 24.5 Å². The average molecular weight is 177 g/mol. The molecule has 2 rings (SSSR count). The Labute approximate surface area is 78.5 Å². The van der Waals surface area contributed by atoms with E-state index in [4.69, 9.17) is 0 Å². The highest BCUT2D eigenvalue weighted by Crippen LogP contribution is 2.09. The molecule has 0 aliphatic carbocycles. The van der Waals surface area contributed by atoms with Crippen molar-refractivity contribution in [3.05, 3.63) is 29.5 Å². The molecule has 0 saturated heterocycles. The standard InChI is InChI=1S/C9H11N3.CH4/c1-6-5-12-8(3)7(2)11-9(12)4-10-6;/h4-5H,1-3H3;1H4. The van der Waals surface area contributed by atoms with E-state index in [-0.39, 0.29) is 7.43 Å². The second-order valence-electron chi connectivity index (χ2n) is 3.04. The van der Waals surface area contributed by atoms with Gasteiger partial charge in [0.15, 0.2) is 5.65 Å². The van der Waals surface area contributed by atoms with Crippen molar-refractivity contribution in [3.63, 3.8) is 0 Å². The zero-order valence-electron chi connectivity index (χ0n) is 7.50. The van der Waals surface area contributed by atoms with E-state index >= 15 is 0 Å². The summed E-state index contributed by atoms with van der Waals surface area (Å²) >= 11 is 0. The lowest BCUT2D eigenvalue weighted by molar-refractivity contribution is 1.03. The maximum atomic E-state index is 4.35. The lowest BCUT2D eigenvalue weighted by atomic mass is 10.4. The van der Waals surface area contributed by atoms with E-state index in [1.807, 2.05) is 20.0 Å². The number of nitrogens with zero attached hydrogens (tertiary/aromatic N) is 3. The first-order valence-electron chi connectivity index (χ1n) is 3.96. The highest BCUT2D eigenvalue weighted by Gasteiger charge is 2.02. The smallest absolute Gasteiger partial charge is 0.155 e. The SMILES string of the molecule is C.Cc1cn2c(C)c(C)nc2cn1. The molecular formula is C10H15N3. The average Bonchev–Trinajstić information content (AvgIpc) is 2.31. The Morgan fingerprint density at radius 2 is 1.92 bits per heavy atom. The number of imidazole rings is 1. The van der Waals surface area contributed by atoms with Gasteiger partial charge in [0.05, 0.1) is 17.6 Å². The van der Waals surface area contributed by atoms with Crippen LogP contribution in [0.5, 0.6) is 0 Å². The first kappa shape index (κ1) is 9.71. The zero-order valence-corrected chi connectivity index (χ0v) is 7.50. The van der Waals surface area contributed by atoms with Crippen LogP contribution in [-0.4, -0.2) is 14.4 Å². The van der Waals surface area contributed by atoms with Crippen molar-refractivity contribution in [2.24, 2.45) is 0 Å². The maximum absolute atomic E-state index is 4.35. The van der Waals surface area contributed by atoms with Gasteiger partial charge in [-0.15, -0.1) is 0 Å². The van der Waals surface area contributed by atoms with E-state index in [1.165, 1.54) is 5.69 Å². The van der Waals surface area contributed by atoms with Gasteiger partial charge in [-0.1, -0.05) is 7.43 Å². The zero-order chi connectivity index (χ0) is 8.72. The fourth-order valence-corrected chi connectivity index (χ4v) is 1.29. The van der Waals surface area contributed by atoms with Crippen LogP contribution in [0, 0.1) is 20.8 Å². The van der Waals surface area contributed by atoms with Crippen molar-refractivity contribution in [2.45, 2.75) is 28.2 Å². The summed E-state index contributed by atoms with van der Waals surface area (Å²) in [4.78, 5) is 8.53. The fourth-order valence-electron chi connectivity index (χ4n) is 1.29. The third kappa shape index (κ3) is 1.41. The molecule has 0 unspecified atom stereocenters. The molecule has 2 aromatic heterocycles. The van der Waals surface area contributed by atoms with E-state index in [0.29, 0.717) is 0 Å².